The van der Waals surface area contributed by atoms with E-state index in [0.29, 0.717) is 41.9 Å². The van der Waals surface area contributed by atoms with Crippen LogP contribution in [0.25, 0.3) is 0 Å². The molecule has 1 aliphatic rings. The van der Waals surface area contributed by atoms with Crippen molar-refractivity contribution in [3.8, 4) is 0 Å². The first kappa shape index (κ1) is 21.5. The Bertz CT molecular complexity index is 1100. The van der Waals surface area contributed by atoms with Crippen molar-refractivity contribution in [1.29, 1.82) is 0 Å². The van der Waals surface area contributed by atoms with Crippen LogP contribution in [0.2, 0.25) is 0 Å². The first-order valence-corrected chi connectivity index (χ1v) is 10.9. The van der Waals surface area contributed by atoms with Crippen molar-refractivity contribution in [2.45, 2.75) is 19.4 Å². The van der Waals surface area contributed by atoms with Gasteiger partial charge in [-0.1, -0.05) is 0 Å². The predicted octanol–water partition coefficient (Wildman–Crippen LogP) is 3.56. The van der Waals surface area contributed by atoms with Gasteiger partial charge >= 0.3 is 0 Å². The Morgan fingerprint density at radius 3 is 2.81 bits per heavy atom. The summed E-state index contributed by atoms with van der Waals surface area (Å²) >= 11 is 1.27. The summed E-state index contributed by atoms with van der Waals surface area (Å²) in [6, 6.07) is 9.51. The summed E-state index contributed by atoms with van der Waals surface area (Å²) < 4.78 is 5.23. The molecule has 0 bridgehead atoms. The molecule has 1 unspecified atom stereocenters. The molecule has 32 heavy (non-hydrogen) atoms. The van der Waals surface area contributed by atoms with E-state index < -0.39 is 4.92 Å². The van der Waals surface area contributed by atoms with Gasteiger partial charge in [0, 0.05) is 36.3 Å². The van der Waals surface area contributed by atoms with Gasteiger partial charge in [-0.25, -0.2) is 4.98 Å². The number of benzene rings is 1. The minimum absolute atomic E-state index is 0.00148. The fourth-order valence-electron chi connectivity index (χ4n) is 3.49. The number of furan rings is 1. The fourth-order valence-corrected chi connectivity index (χ4v) is 4.19. The number of non-ortho nitro benzene ring substituents is 1. The number of rotatable bonds is 7. The number of hydrogen-bond donors (Lipinski definition) is 2. The summed E-state index contributed by atoms with van der Waals surface area (Å²) in [4.78, 5) is 41.7. The molecular formula is C21H21N5O5S. The van der Waals surface area contributed by atoms with Gasteiger partial charge in [-0.2, -0.15) is 0 Å². The highest BCUT2D eigenvalue weighted by Gasteiger charge is 2.30. The number of piperidine rings is 1. The lowest BCUT2D eigenvalue weighted by Gasteiger charge is -2.31. The number of carbonyl (C=O) groups is 2. The van der Waals surface area contributed by atoms with E-state index in [4.69, 9.17) is 4.42 Å². The van der Waals surface area contributed by atoms with Crippen molar-refractivity contribution >= 4 is 39.7 Å². The first-order chi connectivity index (χ1) is 15.5. The van der Waals surface area contributed by atoms with Crippen LogP contribution in [0.4, 0.5) is 16.5 Å². The molecule has 2 aromatic heterocycles. The molecule has 0 radical (unpaired) electrons. The summed E-state index contributed by atoms with van der Waals surface area (Å²) in [5.41, 5.74) is 0.935. The van der Waals surface area contributed by atoms with Crippen LogP contribution in [0.1, 0.15) is 29.1 Å². The van der Waals surface area contributed by atoms with Gasteiger partial charge in [0.25, 0.3) is 11.6 Å². The molecule has 166 valence electrons. The van der Waals surface area contributed by atoms with E-state index in [1.54, 1.807) is 40.8 Å². The van der Waals surface area contributed by atoms with Gasteiger partial charge in [-0.05, 0) is 37.1 Å². The van der Waals surface area contributed by atoms with E-state index in [1.165, 1.54) is 23.5 Å². The molecule has 0 saturated carbocycles. The Hall–Kier alpha value is -3.73. The molecule has 10 nitrogen and oxygen atoms in total. The zero-order valence-electron chi connectivity index (χ0n) is 17.0. The number of hydrogen-bond acceptors (Lipinski definition) is 8. The number of amides is 2. The van der Waals surface area contributed by atoms with Gasteiger partial charge in [0.1, 0.15) is 11.5 Å². The van der Waals surface area contributed by atoms with Crippen LogP contribution in [-0.4, -0.2) is 39.7 Å². The molecule has 0 spiro atoms. The summed E-state index contributed by atoms with van der Waals surface area (Å²) in [6.07, 6.45) is 3.02. The fraction of sp³-hybridized carbons (Fsp3) is 0.286. The molecule has 4 rings (SSSR count). The standard InChI is InChI=1S/C21H21N5O5S/c27-19(22-11-17-4-2-10-31-17)14-3-1-9-25(12-14)20(28)18-13-32-21(24-18)23-15-5-7-16(8-6-15)26(29)30/h2,4-8,10,13-14H,1,3,9,11-12H2,(H,22,27)(H,23,24). The van der Waals surface area contributed by atoms with Crippen molar-refractivity contribution in [3.05, 3.63) is 69.6 Å². The van der Waals surface area contributed by atoms with E-state index >= 15 is 0 Å². The van der Waals surface area contributed by atoms with Gasteiger partial charge in [0.15, 0.2) is 5.13 Å². The molecule has 3 aromatic rings. The average Bonchev–Trinajstić information content (AvgIpc) is 3.50. The highest BCUT2D eigenvalue weighted by Crippen LogP contribution is 2.25. The minimum Gasteiger partial charge on any atom is -0.467 e. The Kier molecular flexibility index (Phi) is 6.45. The predicted molar refractivity (Wildman–Crippen MR) is 118 cm³/mol. The second-order valence-electron chi connectivity index (χ2n) is 7.35. The van der Waals surface area contributed by atoms with Crippen LogP contribution in [-0.2, 0) is 11.3 Å². The lowest BCUT2D eigenvalue weighted by molar-refractivity contribution is -0.384. The second kappa shape index (κ2) is 9.60. The lowest BCUT2D eigenvalue weighted by atomic mass is 9.97. The number of aromatic nitrogens is 1. The van der Waals surface area contributed by atoms with Gasteiger partial charge in [-0.3, -0.25) is 19.7 Å². The van der Waals surface area contributed by atoms with Crippen LogP contribution < -0.4 is 10.6 Å². The number of anilines is 2. The van der Waals surface area contributed by atoms with Gasteiger partial charge < -0.3 is 20.0 Å². The average molecular weight is 455 g/mol. The zero-order valence-corrected chi connectivity index (χ0v) is 17.8. The molecule has 2 N–H and O–H groups in total. The maximum atomic E-state index is 12.9. The van der Waals surface area contributed by atoms with E-state index in [-0.39, 0.29) is 23.4 Å². The number of carbonyl (C=O) groups excluding carboxylic acids is 2. The topological polar surface area (TPSA) is 131 Å². The highest BCUT2D eigenvalue weighted by molar-refractivity contribution is 7.14. The lowest BCUT2D eigenvalue weighted by Crippen LogP contribution is -2.45. The van der Waals surface area contributed by atoms with Crippen molar-refractivity contribution in [3.63, 3.8) is 0 Å². The summed E-state index contributed by atoms with van der Waals surface area (Å²) in [5.74, 6) is 0.0795. The highest BCUT2D eigenvalue weighted by atomic mass is 32.1. The molecule has 1 aromatic carbocycles. The van der Waals surface area contributed by atoms with Gasteiger partial charge in [0.05, 0.1) is 23.6 Å². The maximum absolute atomic E-state index is 12.9. The van der Waals surface area contributed by atoms with Crippen molar-refractivity contribution in [2.75, 3.05) is 18.4 Å². The van der Waals surface area contributed by atoms with Crippen molar-refractivity contribution < 1.29 is 18.9 Å². The minimum atomic E-state index is -0.465. The number of likely N-dealkylation sites (tertiary alicyclic amines) is 1. The van der Waals surface area contributed by atoms with Gasteiger partial charge in [0.2, 0.25) is 5.91 Å². The number of nitro groups is 1. The molecule has 1 saturated heterocycles. The maximum Gasteiger partial charge on any atom is 0.273 e. The van der Waals surface area contributed by atoms with Crippen LogP contribution in [0, 0.1) is 16.0 Å². The monoisotopic (exact) mass is 455 g/mol. The summed E-state index contributed by atoms with van der Waals surface area (Å²) in [5, 5.41) is 18.8. The van der Waals surface area contributed by atoms with Crippen molar-refractivity contribution in [1.82, 2.24) is 15.2 Å². The molecule has 11 heteroatoms. The second-order valence-corrected chi connectivity index (χ2v) is 8.21. The van der Waals surface area contributed by atoms with Crippen LogP contribution >= 0.6 is 11.3 Å². The summed E-state index contributed by atoms with van der Waals surface area (Å²) in [6.45, 7) is 1.23. The van der Waals surface area contributed by atoms with E-state index in [9.17, 15) is 19.7 Å². The molecular weight excluding hydrogens is 434 g/mol. The number of nitro benzene ring substituents is 1. The third-order valence-electron chi connectivity index (χ3n) is 5.15. The largest absolute Gasteiger partial charge is 0.467 e. The number of nitrogens with one attached hydrogen (secondary N) is 2. The Labute approximate surface area is 187 Å². The normalized spacial score (nSPS) is 15.9. The summed E-state index contributed by atoms with van der Waals surface area (Å²) in [7, 11) is 0. The van der Waals surface area contributed by atoms with Crippen LogP contribution in [0.15, 0.2) is 52.5 Å². The smallest absolute Gasteiger partial charge is 0.273 e. The van der Waals surface area contributed by atoms with Crippen molar-refractivity contribution in [2.24, 2.45) is 5.92 Å². The molecule has 1 fully saturated rings. The third kappa shape index (κ3) is 5.11. The van der Waals surface area contributed by atoms with E-state index in [1.807, 2.05) is 0 Å². The molecule has 2 amide bonds. The molecule has 1 aliphatic heterocycles. The zero-order chi connectivity index (χ0) is 22.5. The molecule has 0 aliphatic carbocycles. The van der Waals surface area contributed by atoms with Crippen LogP contribution in [0.3, 0.4) is 0 Å². The van der Waals surface area contributed by atoms with E-state index in [0.717, 1.165) is 12.8 Å². The first-order valence-electron chi connectivity index (χ1n) is 10.1. The number of nitrogens with zero attached hydrogens (tertiary/aromatic N) is 3. The third-order valence-corrected chi connectivity index (χ3v) is 5.91. The number of thiazole rings is 1. The Balaban J connectivity index is 1.34. The van der Waals surface area contributed by atoms with Gasteiger partial charge in [-0.15, -0.1) is 11.3 Å². The SMILES string of the molecule is O=C(NCc1ccco1)C1CCCN(C(=O)c2csc(Nc3ccc([N+](=O)[O-])cc3)n2)C1. The van der Waals surface area contributed by atoms with E-state index in [2.05, 4.69) is 15.6 Å². The quantitative estimate of drug-likeness (QED) is 0.411. The molecule has 1 atom stereocenters. The Morgan fingerprint density at radius 1 is 1.28 bits per heavy atom. The molecule has 3 heterocycles. The Morgan fingerprint density at radius 2 is 2.09 bits per heavy atom. The van der Waals surface area contributed by atoms with Crippen LogP contribution in [0.5, 0.6) is 0 Å².